The lowest BCUT2D eigenvalue weighted by atomic mass is 10.0. The van der Waals surface area contributed by atoms with Gasteiger partial charge < -0.3 is 15.4 Å². The largest absolute Gasteiger partial charge is 0.474 e. The molecule has 10 heteroatoms. The summed E-state index contributed by atoms with van der Waals surface area (Å²) in [7, 11) is 0. The van der Waals surface area contributed by atoms with Gasteiger partial charge in [0.1, 0.15) is 12.1 Å². The van der Waals surface area contributed by atoms with E-state index in [9.17, 15) is 19.2 Å². The molecule has 3 aliphatic heterocycles. The fourth-order valence-electron chi connectivity index (χ4n) is 4.57. The number of carbonyl (C=O) groups is 4. The molecule has 0 aliphatic carbocycles. The molecule has 0 spiro atoms. The van der Waals surface area contributed by atoms with Crippen LogP contribution in [0.25, 0.3) is 0 Å². The summed E-state index contributed by atoms with van der Waals surface area (Å²) in [4.78, 5) is 55.2. The Morgan fingerprint density at radius 1 is 1.03 bits per heavy atom. The number of benzene rings is 1. The van der Waals surface area contributed by atoms with Crippen molar-refractivity contribution in [1.82, 2.24) is 20.5 Å². The molecule has 4 heterocycles. The number of fused-ring (bicyclic) bond motifs is 1. The van der Waals surface area contributed by atoms with Gasteiger partial charge in [-0.15, -0.1) is 0 Å². The van der Waals surface area contributed by atoms with Crippen molar-refractivity contribution in [3.63, 3.8) is 0 Å². The van der Waals surface area contributed by atoms with Crippen molar-refractivity contribution in [2.24, 2.45) is 0 Å². The maximum absolute atomic E-state index is 13.2. The lowest BCUT2D eigenvalue weighted by molar-refractivity contribution is -0.136. The van der Waals surface area contributed by atoms with E-state index >= 15 is 0 Å². The molecule has 10 nitrogen and oxygen atoms in total. The highest BCUT2D eigenvalue weighted by molar-refractivity contribution is 6.24. The van der Waals surface area contributed by atoms with Gasteiger partial charge in [-0.2, -0.15) is 0 Å². The van der Waals surface area contributed by atoms with E-state index in [1.807, 2.05) is 6.07 Å². The zero-order valence-corrected chi connectivity index (χ0v) is 18.5. The van der Waals surface area contributed by atoms with Gasteiger partial charge in [0, 0.05) is 19.0 Å². The van der Waals surface area contributed by atoms with Crippen molar-refractivity contribution in [3.05, 3.63) is 53.2 Å². The normalized spacial score (nSPS) is 20.8. The highest BCUT2D eigenvalue weighted by atomic mass is 16.5. The second-order valence-electron chi connectivity index (χ2n) is 8.59. The molecule has 34 heavy (non-hydrogen) atoms. The summed E-state index contributed by atoms with van der Waals surface area (Å²) in [5.41, 5.74) is 1.93. The average Bonchev–Trinajstić information content (AvgIpc) is 3.10. The first-order valence-corrected chi connectivity index (χ1v) is 11.4. The Bertz CT molecular complexity index is 1140. The zero-order chi connectivity index (χ0) is 23.7. The van der Waals surface area contributed by atoms with Crippen LogP contribution < -0.4 is 20.7 Å². The van der Waals surface area contributed by atoms with Crippen LogP contribution in [0.1, 0.15) is 52.0 Å². The lowest BCUT2D eigenvalue weighted by Crippen LogP contribution is -2.54. The molecule has 0 radical (unpaired) electrons. The number of hydrogen-bond donors (Lipinski definition) is 3. The first-order valence-electron chi connectivity index (χ1n) is 11.4. The summed E-state index contributed by atoms with van der Waals surface area (Å²) >= 11 is 0. The standard InChI is InChI=1S/C24H25N5O5/c30-19-6-5-18(22(31)28-19)29-23(32)17-3-1-2-14(21(17)24(29)33)12-26-15-4-7-20(27-13-15)34-16-8-10-25-11-9-16/h1-4,7,13,16,18,25-26H,5-6,8-12H2,(H,28,30,31). The number of ether oxygens (including phenoxy) is 1. The number of piperidine rings is 2. The second kappa shape index (κ2) is 9.22. The van der Waals surface area contributed by atoms with E-state index in [0.29, 0.717) is 18.0 Å². The Morgan fingerprint density at radius 2 is 1.85 bits per heavy atom. The van der Waals surface area contributed by atoms with Crippen LogP contribution in [0, 0.1) is 0 Å². The molecule has 2 aromatic rings. The third-order valence-electron chi connectivity index (χ3n) is 6.35. The molecule has 3 aliphatic rings. The van der Waals surface area contributed by atoms with E-state index in [-0.39, 0.29) is 30.1 Å². The third kappa shape index (κ3) is 4.24. The number of amides is 4. The zero-order valence-electron chi connectivity index (χ0n) is 18.5. The molecular weight excluding hydrogens is 438 g/mol. The summed E-state index contributed by atoms with van der Waals surface area (Å²) in [6, 6.07) is 7.74. The van der Waals surface area contributed by atoms with Gasteiger partial charge in [0.25, 0.3) is 11.8 Å². The van der Waals surface area contributed by atoms with Crippen LogP contribution in [-0.4, -0.2) is 58.7 Å². The van der Waals surface area contributed by atoms with Gasteiger partial charge in [-0.05, 0) is 50.0 Å². The Hall–Kier alpha value is -3.79. The van der Waals surface area contributed by atoms with Crippen molar-refractivity contribution in [2.45, 2.75) is 44.4 Å². The predicted octanol–water partition coefficient (Wildman–Crippen LogP) is 1.23. The number of imide groups is 2. The maximum Gasteiger partial charge on any atom is 0.262 e. The number of aromatic nitrogens is 1. The van der Waals surface area contributed by atoms with Crippen molar-refractivity contribution in [3.8, 4) is 5.88 Å². The minimum absolute atomic E-state index is 0.0859. The molecule has 0 saturated carbocycles. The van der Waals surface area contributed by atoms with Gasteiger partial charge in [-0.1, -0.05) is 12.1 Å². The van der Waals surface area contributed by atoms with Crippen molar-refractivity contribution < 1.29 is 23.9 Å². The summed E-state index contributed by atoms with van der Waals surface area (Å²) in [5.74, 6) is -1.49. The fourth-order valence-corrected chi connectivity index (χ4v) is 4.57. The number of hydrogen-bond acceptors (Lipinski definition) is 8. The predicted molar refractivity (Wildman–Crippen MR) is 121 cm³/mol. The smallest absolute Gasteiger partial charge is 0.262 e. The lowest BCUT2D eigenvalue weighted by Gasteiger charge is -2.27. The summed E-state index contributed by atoms with van der Waals surface area (Å²) in [6.07, 6.45) is 3.94. The van der Waals surface area contributed by atoms with Crippen LogP contribution >= 0.6 is 0 Å². The highest BCUT2D eigenvalue weighted by Crippen LogP contribution is 2.30. The Kier molecular flexibility index (Phi) is 5.97. The SMILES string of the molecule is O=C1CCC(N2C(=O)c3cccc(CNc4ccc(OC5CCNCC5)nc4)c3C2=O)C(=O)N1. The van der Waals surface area contributed by atoms with Gasteiger partial charge in [0.05, 0.1) is 23.0 Å². The van der Waals surface area contributed by atoms with Crippen LogP contribution in [0.15, 0.2) is 36.5 Å². The molecule has 4 amide bonds. The molecule has 176 valence electrons. The minimum Gasteiger partial charge on any atom is -0.474 e. The summed E-state index contributed by atoms with van der Waals surface area (Å²) < 4.78 is 5.92. The van der Waals surface area contributed by atoms with Crippen molar-refractivity contribution in [1.29, 1.82) is 0 Å². The molecule has 3 N–H and O–H groups in total. The van der Waals surface area contributed by atoms with Crippen LogP contribution in [0.4, 0.5) is 5.69 Å². The quantitative estimate of drug-likeness (QED) is 0.546. The number of anilines is 1. The van der Waals surface area contributed by atoms with Gasteiger partial charge in [-0.3, -0.25) is 29.4 Å². The summed E-state index contributed by atoms with van der Waals surface area (Å²) in [5, 5.41) is 8.74. The molecule has 2 saturated heterocycles. The summed E-state index contributed by atoms with van der Waals surface area (Å²) in [6.45, 7) is 2.17. The van der Waals surface area contributed by atoms with E-state index in [1.54, 1.807) is 30.5 Å². The number of rotatable bonds is 6. The number of pyridine rings is 1. The number of nitrogens with one attached hydrogen (secondary N) is 3. The van der Waals surface area contributed by atoms with Gasteiger partial charge in [0.15, 0.2) is 0 Å². The average molecular weight is 463 g/mol. The number of nitrogens with zero attached hydrogens (tertiary/aromatic N) is 2. The topological polar surface area (TPSA) is 130 Å². The Balaban J connectivity index is 1.27. The van der Waals surface area contributed by atoms with Gasteiger partial charge in [0.2, 0.25) is 17.7 Å². The second-order valence-corrected chi connectivity index (χ2v) is 8.59. The Labute approximate surface area is 196 Å². The highest BCUT2D eigenvalue weighted by Gasteiger charge is 2.45. The molecule has 1 aromatic heterocycles. The van der Waals surface area contributed by atoms with E-state index < -0.39 is 29.7 Å². The Morgan fingerprint density at radius 3 is 2.59 bits per heavy atom. The molecular formula is C24H25N5O5. The number of carbonyl (C=O) groups excluding carboxylic acids is 4. The van der Waals surface area contributed by atoms with Gasteiger partial charge in [-0.25, -0.2) is 4.98 Å². The van der Waals surface area contributed by atoms with Crippen molar-refractivity contribution >= 4 is 29.3 Å². The van der Waals surface area contributed by atoms with Gasteiger partial charge >= 0.3 is 0 Å². The molecule has 2 fully saturated rings. The molecule has 5 rings (SSSR count). The molecule has 1 atom stereocenters. The minimum atomic E-state index is -0.984. The molecule has 1 aromatic carbocycles. The monoisotopic (exact) mass is 463 g/mol. The first-order chi connectivity index (χ1) is 16.5. The fraction of sp³-hybridized carbons (Fsp3) is 0.375. The molecule has 0 bridgehead atoms. The van der Waals surface area contributed by atoms with Crippen LogP contribution in [-0.2, 0) is 16.1 Å². The van der Waals surface area contributed by atoms with Crippen LogP contribution in [0.2, 0.25) is 0 Å². The maximum atomic E-state index is 13.2. The molecule has 1 unspecified atom stereocenters. The van der Waals surface area contributed by atoms with E-state index in [4.69, 9.17) is 4.74 Å². The van der Waals surface area contributed by atoms with Crippen molar-refractivity contribution in [2.75, 3.05) is 18.4 Å². The van der Waals surface area contributed by atoms with E-state index in [2.05, 4.69) is 20.9 Å². The van der Waals surface area contributed by atoms with Crippen LogP contribution in [0.5, 0.6) is 5.88 Å². The van der Waals surface area contributed by atoms with E-state index in [0.717, 1.165) is 36.5 Å². The first kappa shape index (κ1) is 22.0. The van der Waals surface area contributed by atoms with Crippen LogP contribution in [0.3, 0.4) is 0 Å². The third-order valence-corrected chi connectivity index (χ3v) is 6.35. The van der Waals surface area contributed by atoms with E-state index in [1.165, 1.54) is 0 Å².